The molecule has 7 nitrogen and oxygen atoms in total. The normalized spacial score (nSPS) is 18.2. The van der Waals surface area contributed by atoms with Crippen LogP contribution in [0.4, 0.5) is 0 Å². The van der Waals surface area contributed by atoms with Gasteiger partial charge in [0.1, 0.15) is 11.5 Å². The number of amides is 1. The number of rotatable bonds is 4. The van der Waals surface area contributed by atoms with Crippen molar-refractivity contribution in [2.24, 2.45) is 7.05 Å². The van der Waals surface area contributed by atoms with E-state index < -0.39 is 0 Å². The Bertz CT molecular complexity index is 1140. The SMILES string of the molecule is Cc1nc2c(n1C(C)C)CN(C(=O)c1ccn(C)n1)CC21CCN(Cc2ccccc2)CC1. The van der Waals surface area contributed by atoms with Gasteiger partial charge in [0, 0.05) is 37.8 Å². The van der Waals surface area contributed by atoms with E-state index >= 15 is 0 Å². The first-order valence-corrected chi connectivity index (χ1v) is 12.0. The second-order valence-electron chi connectivity index (χ2n) is 10.00. The molecule has 1 fully saturated rings. The number of carbonyl (C=O) groups excluding carboxylic acids is 1. The van der Waals surface area contributed by atoms with E-state index in [1.54, 1.807) is 4.68 Å². The van der Waals surface area contributed by atoms with Gasteiger partial charge in [-0.2, -0.15) is 5.10 Å². The molecule has 0 radical (unpaired) electrons. The van der Waals surface area contributed by atoms with E-state index in [0.717, 1.165) is 38.3 Å². The Labute approximate surface area is 196 Å². The molecule has 33 heavy (non-hydrogen) atoms. The van der Waals surface area contributed by atoms with Gasteiger partial charge in [-0.3, -0.25) is 14.4 Å². The number of hydrogen-bond acceptors (Lipinski definition) is 4. The number of benzene rings is 1. The Kier molecular flexibility index (Phi) is 5.60. The van der Waals surface area contributed by atoms with Gasteiger partial charge >= 0.3 is 0 Å². The maximum absolute atomic E-state index is 13.5. The molecule has 1 spiro atoms. The molecule has 2 aromatic heterocycles. The highest BCUT2D eigenvalue weighted by atomic mass is 16.2. The maximum Gasteiger partial charge on any atom is 0.274 e. The molecule has 5 rings (SSSR count). The Morgan fingerprint density at radius 2 is 1.85 bits per heavy atom. The van der Waals surface area contributed by atoms with Crippen molar-refractivity contribution in [1.82, 2.24) is 29.1 Å². The van der Waals surface area contributed by atoms with Crippen LogP contribution in [0.15, 0.2) is 42.6 Å². The van der Waals surface area contributed by atoms with Gasteiger partial charge in [0.2, 0.25) is 0 Å². The summed E-state index contributed by atoms with van der Waals surface area (Å²) >= 11 is 0. The largest absolute Gasteiger partial charge is 0.330 e. The molecule has 2 aliphatic heterocycles. The molecule has 0 aliphatic carbocycles. The van der Waals surface area contributed by atoms with Gasteiger partial charge in [-0.05, 0) is 58.3 Å². The summed E-state index contributed by atoms with van der Waals surface area (Å²) in [4.78, 5) is 23.1. The van der Waals surface area contributed by atoms with Crippen molar-refractivity contribution in [1.29, 1.82) is 0 Å². The van der Waals surface area contributed by atoms with Crippen molar-refractivity contribution in [3.8, 4) is 0 Å². The fourth-order valence-corrected chi connectivity index (χ4v) is 5.74. The Morgan fingerprint density at radius 3 is 2.48 bits per heavy atom. The Hall–Kier alpha value is -2.93. The summed E-state index contributed by atoms with van der Waals surface area (Å²) in [5.74, 6) is 1.06. The zero-order chi connectivity index (χ0) is 23.2. The smallest absolute Gasteiger partial charge is 0.274 e. The predicted octanol–water partition coefficient (Wildman–Crippen LogP) is 3.70. The maximum atomic E-state index is 13.5. The van der Waals surface area contributed by atoms with Crippen LogP contribution in [0.3, 0.4) is 0 Å². The van der Waals surface area contributed by atoms with Crippen molar-refractivity contribution in [3.63, 3.8) is 0 Å². The van der Waals surface area contributed by atoms with Crippen LogP contribution in [0.2, 0.25) is 0 Å². The van der Waals surface area contributed by atoms with E-state index in [4.69, 9.17) is 4.98 Å². The minimum Gasteiger partial charge on any atom is -0.330 e. The molecule has 1 aromatic carbocycles. The van der Waals surface area contributed by atoms with E-state index in [0.29, 0.717) is 24.8 Å². The lowest BCUT2D eigenvalue weighted by atomic mass is 9.72. The van der Waals surface area contributed by atoms with Gasteiger partial charge in [0.05, 0.1) is 17.9 Å². The van der Waals surface area contributed by atoms with Crippen LogP contribution >= 0.6 is 0 Å². The average Bonchev–Trinajstić information content (AvgIpc) is 3.38. The molecular formula is C26H34N6O. The molecule has 0 unspecified atom stereocenters. The molecule has 0 bridgehead atoms. The number of aryl methyl sites for hydroxylation is 2. The van der Waals surface area contributed by atoms with Crippen LogP contribution in [-0.2, 0) is 25.6 Å². The van der Waals surface area contributed by atoms with Crippen LogP contribution in [0.5, 0.6) is 0 Å². The minimum atomic E-state index is -0.101. The number of nitrogens with zero attached hydrogens (tertiary/aromatic N) is 6. The standard InChI is InChI=1S/C26H34N6O/c1-19(2)32-20(3)27-24-23(32)17-31(25(33)22-10-13-29(4)28-22)18-26(24)11-14-30(15-12-26)16-21-8-6-5-7-9-21/h5-10,13,19H,11-12,14-18H2,1-4H3. The van der Waals surface area contributed by atoms with Crippen molar-refractivity contribution in [2.45, 2.75) is 58.2 Å². The van der Waals surface area contributed by atoms with Crippen molar-refractivity contribution in [3.05, 3.63) is 71.1 Å². The number of carbonyl (C=O) groups is 1. The number of aromatic nitrogens is 4. The number of hydrogen-bond donors (Lipinski definition) is 0. The molecule has 3 aromatic rings. The topological polar surface area (TPSA) is 59.2 Å². The molecule has 1 amide bonds. The van der Waals surface area contributed by atoms with Gasteiger partial charge in [-0.25, -0.2) is 4.98 Å². The fraction of sp³-hybridized carbons (Fsp3) is 0.500. The number of fused-ring (bicyclic) bond motifs is 2. The first-order valence-electron chi connectivity index (χ1n) is 12.0. The van der Waals surface area contributed by atoms with Crippen LogP contribution in [0.25, 0.3) is 0 Å². The molecule has 0 N–H and O–H groups in total. The molecule has 1 saturated heterocycles. The third kappa shape index (κ3) is 3.99. The molecule has 2 aliphatic rings. The van der Waals surface area contributed by atoms with E-state index in [9.17, 15) is 4.79 Å². The van der Waals surface area contributed by atoms with Crippen LogP contribution in [0.1, 0.15) is 66.0 Å². The molecule has 0 saturated carbocycles. The van der Waals surface area contributed by atoms with E-state index in [1.165, 1.54) is 17.0 Å². The summed E-state index contributed by atoms with van der Waals surface area (Å²) in [5.41, 5.74) is 4.19. The molecule has 0 atom stereocenters. The summed E-state index contributed by atoms with van der Waals surface area (Å²) in [6.07, 6.45) is 3.85. The van der Waals surface area contributed by atoms with E-state index in [2.05, 4.69) is 65.7 Å². The van der Waals surface area contributed by atoms with Gasteiger partial charge in [-0.1, -0.05) is 30.3 Å². The molecule has 174 valence electrons. The predicted molar refractivity (Wildman–Crippen MR) is 128 cm³/mol. The third-order valence-corrected chi connectivity index (χ3v) is 7.32. The third-order valence-electron chi connectivity index (χ3n) is 7.32. The van der Waals surface area contributed by atoms with Crippen LogP contribution < -0.4 is 0 Å². The zero-order valence-corrected chi connectivity index (χ0v) is 20.2. The van der Waals surface area contributed by atoms with Crippen molar-refractivity contribution < 1.29 is 4.79 Å². The highest BCUT2D eigenvalue weighted by Gasteiger charge is 2.46. The fourth-order valence-electron chi connectivity index (χ4n) is 5.74. The second-order valence-corrected chi connectivity index (χ2v) is 10.00. The number of piperidine rings is 1. The highest BCUT2D eigenvalue weighted by Crippen LogP contribution is 2.43. The summed E-state index contributed by atoms with van der Waals surface area (Å²) in [6, 6.07) is 12.8. The average molecular weight is 447 g/mol. The van der Waals surface area contributed by atoms with Crippen LogP contribution in [0, 0.1) is 6.92 Å². The summed E-state index contributed by atoms with van der Waals surface area (Å²) < 4.78 is 4.02. The Balaban J connectivity index is 1.45. The monoisotopic (exact) mass is 446 g/mol. The van der Waals surface area contributed by atoms with Crippen molar-refractivity contribution in [2.75, 3.05) is 19.6 Å². The van der Waals surface area contributed by atoms with Crippen molar-refractivity contribution >= 4 is 5.91 Å². The Morgan fingerprint density at radius 1 is 1.12 bits per heavy atom. The molecule has 4 heterocycles. The minimum absolute atomic E-state index is 0.0153. The second kappa shape index (κ2) is 8.45. The van der Waals surface area contributed by atoms with Gasteiger partial charge in [-0.15, -0.1) is 0 Å². The summed E-state index contributed by atoms with van der Waals surface area (Å²) in [7, 11) is 1.85. The zero-order valence-electron chi connectivity index (χ0n) is 20.2. The van der Waals surface area contributed by atoms with Gasteiger partial charge in [0.15, 0.2) is 0 Å². The van der Waals surface area contributed by atoms with Crippen LogP contribution in [-0.4, -0.2) is 54.7 Å². The first-order chi connectivity index (χ1) is 15.9. The quantitative estimate of drug-likeness (QED) is 0.613. The number of imidazole rings is 1. The number of likely N-dealkylation sites (tertiary alicyclic amines) is 1. The lowest BCUT2D eigenvalue weighted by Gasteiger charge is -2.47. The lowest BCUT2D eigenvalue weighted by molar-refractivity contribution is 0.0550. The molecule has 7 heteroatoms. The van der Waals surface area contributed by atoms with Gasteiger partial charge < -0.3 is 9.47 Å². The summed E-state index contributed by atoms with van der Waals surface area (Å²) in [5, 5.41) is 4.39. The lowest BCUT2D eigenvalue weighted by Crippen LogP contribution is -2.53. The van der Waals surface area contributed by atoms with E-state index in [1.807, 2.05) is 24.2 Å². The van der Waals surface area contributed by atoms with E-state index in [-0.39, 0.29) is 11.3 Å². The molecular weight excluding hydrogens is 412 g/mol. The first kappa shape index (κ1) is 21.9. The van der Waals surface area contributed by atoms with Gasteiger partial charge in [0.25, 0.3) is 5.91 Å². The highest BCUT2D eigenvalue weighted by molar-refractivity contribution is 5.92. The summed E-state index contributed by atoms with van der Waals surface area (Å²) in [6.45, 7) is 10.8.